The number of nitrogens with zero attached hydrogens (tertiary/aromatic N) is 4. The van der Waals surface area contributed by atoms with Gasteiger partial charge in [-0.25, -0.2) is 19.4 Å². The molecular formula is C20H22N6O2. The third-order valence-corrected chi connectivity index (χ3v) is 4.90. The van der Waals surface area contributed by atoms with Crippen molar-refractivity contribution >= 4 is 11.7 Å². The fourth-order valence-corrected chi connectivity index (χ4v) is 3.17. The van der Waals surface area contributed by atoms with Gasteiger partial charge in [-0.1, -0.05) is 12.1 Å². The summed E-state index contributed by atoms with van der Waals surface area (Å²) in [7, 11) is 0. The number of amides is 2. The van der Waals surface area contributed by atoms with Crippen molar-refractivity contribution in [3.63, 3.8) is 0 Å². The lowest BCUT2D eigenvalue weighted by atomic mass is 10.1. The molecule has 0 saturated heterocycles. The molecule has 3 aromatic rings. The van der Waals surface area contributed by atoms with E-state index in [1.807, 2.05) is 36.7 Å². The summed E-state index contributed by atoms with van der Waals surface area (Å²) < 4.78 is 7.67. The Balaban J connectivity index is 1.33. The number of nitrogens with one attached hydrogen (secondary N) is 2. The topological polar surface area (TPSA) is 94.0 Å². The van der Waals surface area contributed by atoms with Crippen LogP contribution in [-0.4, -0.2) is 31.8 Å². The number of hydrogen-bond donors (Lipinski definition) is 2. The molecular weight excluding hydrogens is 356 g/mol. The second-order valence-electron chi connectivity index (χ2n) is 6.88. The second-order valence-corrected chi connectivity index (χ2v) is 6.88. The highest BCUT2D eigenvalue weighted by Gasteiger charge is 2.21. The van der Waals surface area contributed by atoms with Crippen LogP contribution >= 0.6 is 0 Å². The molecule has 3 heterocycles. The maximum Gasteiger partial charge on any atom is 0.319 e. The van der Waals surface area contributed by atoms with Gasteiger partial charge in [0.2, 0.25) is 5.88 Å². The van der Waals surface area contributed by atoms with Crippen LogP contribution in [0.2, 0.25) is 0 Å². The first-order chi connectivity index (χ1) is 13.6. The quantitative estimate of drug-likeness (QED) is 0.727. The summed E-state index contributed by atoms with van der Waals surface area (Å²) in [6.07, 6.45) is 4.77. The van der Waals surface area contributed by atoms with Crippen LogP contribution < -0.4 is 15.4 Å². The molecule has 0 saturated carbocycles. The van der Waals surface area contributed by atoms with Crippen molar-refractivity contribution in [1.82, 2.24) is 25.1 Å². The highest BCUT2D eigenvalue weighted by Crippen LogP contribution is 2.26. The molecule has 1 aliphatic heterocycles. The number of carbonyl (C=O) groups excluding carboxylic acids is 1. The molecule has 8 heteroatoms. The van der Waals surface area contributed by atoms with Crippen LogP contribution in [0.15, 0.2) is 42.9 Å². The van der Waals surface area contributed by atoms with Crippen LogP contribution in [0.3, 0.4) is 0 Å². The first-order valence-corrected chi connectivity index (χ1v) is 9.23. The Bertz CT molecular complexity index is 983. The number of anilines is 1. The van der Waals surface area contributed by atoms with E-state index in [-0.39, 0.29) is 12.1 Å². The van der Waals surface area contributed by atoms with Crippen molar-refractivity contribution in [3.8, 4) is 11.6 Å². The van der Waals surface area contributed by atoms with Crippen LogP contribution in [0.1, 0.15) is 23.4 Å². The van der Waals surface area contributed by atoms with Crippen molar-refractivity contribution in [2.24, 2.45) is 0 Å². The number of aromatic nitrogens is 4. The van der Waals surface area contributed by atoms with Gasteiger partial charge in [0.05, 0.1) is 24.5 Å². The zero-order chi connectivity index (χ0) is 19.5. The van der Waals surface area contributed by atoms with Crippen molar-refractivity contribution < 1.29 is 9.53 Å². The summed E-state index contributed by atoms with van der Waals surface area (Å²) in [6.45, 7) is 4.68. The molecule has 144 valence electrons. The lowest BCUT2D eigenvalue weighted by Gasteiger charge is -2.23. The van der Waals surface area contributed by atoms with Gasteiger partial charge in [-0.2, -0.15) is 5.10 Å². The molecule has 0 radical (unpaired) electrons. The minimum absolute atomic E-state index is 0.0223. The number of hydrogen-bond acceptors (Lipinski definition) is 5. The van der Waals surface area contributed by atoms with E-state index < -0.39 is 0 Å². The molecule has 8 nitrogen and oxygen atoms in total. The van der Waals surface area contributed by atoms with Gasteiger partial charge in [0, 0.05) is 12.5 Å². The van der Waals surface area contributed by atoms with Crippen LogP contribution in [-0.2, 0) is 13.0 Å². The number of pyridine rings is 1. The Hall–Kier alpha value is -3.42. The van der Waals surface area contributed by atoms with E-state index in [2.05, 4.69) is 25.7 Å². The number of urea groups is 1. The smallest absolute Gasteiger partial charge is 0.319 e. The normalized spacial score (nSPS) is 15.6. The third kappa shape index (κ3) is 3.95. The van der Waals surface area contributed by atoms with Gasteiger partial charge in [0.15, 0.2) is 0 Å². The first kappa shape index (κ1) is 18.0. The molecule has 0 unspecified atom stereocenters. The maximum atomic E-state index is 12.3. The fourth-order valence-electron chi connectivity index (χ4n) is 3.17. The lowest BCUT2D eigenvalue weighted by Crippen LogP contribution is -2.43. The Morgan fingerprint density at radius 2 is 2.11 bits per heavy atom. The van der Waals surface area contributed by atoms with E-state index in [4.69, 9.17) is 4.74 Å². The zero-order valence-corrected chi connectivity index (χ0v) is 15.8. The van der Waals surface area contributed by atoms with Crippen LogP contribution in [0, 0.1) is 13.8 Å². The minimum atomic E-state index is -0.265. The van der Waals surface area contributed by atoms with E-state index in [1.165, 1.54) is 0 Å². The monoisotopic (exact) mass is 378 g/mol. The number of benzene rings is 1. The third-order valence-electron chi connectivity index (χ3n) is 4.90. The molecule has 2 aromatic heterocycles. The minimum Gasteiger partial charge on any atom is -0.439 e. The number of ether oxygens (including phenoxy) is 1. The van der Waals surface area contributed by atoms with E-state index in [0.29, 0.717) is 18.1 Å². The number of rotatable bonds is 4. The summed E-state index contributed by atoms with van der Waals surface area (Å²) in [5.74, 6) is 2.21. The molecule has 4 rings (SSSR count). The van der Waals surface area contributed by atoms with Crippen LogP contribution in [0.4, 0.5) is 10.5 Å². The summed E-state index contributed by atoms with van der Waals surface area (Å²) in [5, 5.41) is 9.94. The zero-order valence-electron chi connectivity index (χ0n) is 15.8. The lowest BCUT2D eigenvalue weighted by molar-refractivity contribution is 0.243. The van der Waals surface area contributed by atoms with Gasteiger partial charge in [-0.05, 0) is 43.5 Å². The molecule has 0 spiro atoms. The molecule has 1 aliphatic rings. The molecule has 0 bridgehead atoms. The molecule has 0 aliphatic carbocycles. The predicted octanol–water partition coefficient (Wildman–Crippen LogP) is 3.22. The SMILES string of the molecule is Cc1cccc(Oc2ccc(NC(=O)N[C@@H]3CCc4ncnn4C3)cn2)c1C. The summed E-state index contributed by atoms with van der Waals surface area (Å²) >= 11 is 0. The van der Waals surface area contributed by atoms with E-state index in [9.17, 15) is 4.79 Å². The van der Waals surface area contributed by atoms with Gasteiger partial charge < -0.3 is 15.4 Å². The van der Waals surface area contributed by atoms with Gasteiger partial charge in [-0.3, -0.25) is 0 Å². The molecule has 0 fully saturated rings. The highest BCUT2D eigenvalue weighted by atomic mass is 16.5. The maximum absolute atomic E-state index is 12.3. The van der Waals surface area contributed by atoms with Crippen molar-refractivity contribution in [2.45, 2.75) is 39.3 Å². The van der Waals surface area contributed by atoms with E-state index >= 15 is 0 Å². The highest BCUT2D eigenvalue weighted by molar-refractivity contribution is 5.89. The van der Waals surface area contributed by atoms with Crippen molar-refractivity contribution in [2.75, 3.05) is 5.32 Å². The largest absolute Gasteiger partial charge is 0.439 e. The van der Waals surface area contributed by atoms with Gasteiger partial charge in [-0.15, -0.1) is 0 Å². The van der Waals surface area contributed by atoms with Crippen LogP contribution in [0.25, 0.3) is 0 Å². The Kier molecular flexibility index (Phi) is 4.92. The molecule has 2 amide bonds. The number of carbonyl (C=O) groups is 1. The molecule has 1 atom stereocenters. The summed E-state index contributed by atoms with van der Waals surface area (Å²) in [6, 6.07) is 9.16. The van der Waals surface area contributed by atoms with Crippen molar-refractivity contribution in [3.05, 3.63) is 59.8 Å². The molecule has 2 N–H and O–H groups in total. The number of fused-ring (bicyclic) bond motifs is 1. The van der Waals surface area contributed by atoms with Gasteiger partial charge in [0.1, 0.15) is 17.9 Å². The van der Waals surface area contributed by atoms with Crippen molar-refractivity contribution in [1.29, 1.82) is 0 Å². The number of aryl methyl sites for hydroxylation is 2. The average molecular weight is 378 g/mol. The first-order valence-electron chi connectivity index (χ1n) is 9.23. The van der Waals surface area contributed by atoms with Gasteiger partial charge >= 0.3 is 6.03 Å². The molecule has 28 heavy (non-hydrogen) atoms. The Morgan fingerprint density at radius 3 is 2.93 bits per heavy atom. The summed E-state index contributed by atoms with van der Waals surface area (Å²) in [4.78, 5) is 20.7. The van der Waals surface area contributed by atoms with E-state index in [1.54, 1.807) is 24.7 Å². The summed E-state index contributed by atoms with van der Waals surface area (Å²) in [5.41, 5.74) is 2.84. The van der Waals surface area contributed by atoms with E-state index in [0.717, 1.165) is 35.5 Å². The second kappa shape index (κ2) is 7.67. The molecule has 1 aromatic carbocycles. The van der Waals surface area contributed by atoms with Crippen LogP contribution in [0.5, 0.6) is 11.6 Å². The fraction of sp³-hybridized carbons (Fsp3) is 0.300. The Morgan fingerprint density at radius 1 is 1.21 bits per heavy atom. The Labute approximate surface area is 163 Å². The van der Waals surface area contributed by atoms with Gasteiger partial charge in [0.25, 0.3) is 0 Å². The average Bonchev–Trinajstić information content (AvgIpc) is 3.15. The predicted molar refractivity (Wildman–Crippen MR) is 105 cm³/mol. The standard InChI is InChI=1S/C20H22N6O2/c1-13-4-3-5-17(14(13)2)28-19-9-7-15(10-21-19)24-20(27)25-16-6-8-18-22-12-23-26(18)11-16/h3-5,7,9-10,12,16H,6,8,11H2,1-2H3,(H2,24,25,27)/t16-/m1/s1.